The highest BCUT2D eigenvalue weighted by Crippen LogP contribution is 2.35. The van der Waals surface area contributed by atoms with E-state index in [4.69, 9.17) is 21.8 Å². The molecule has 2 heterocycles. The maximum atomic E-state index is 6.11. The molecule has 0 saturated carbocycles. The molecule has 0 amide bonds. The molecule has 2 N–H and O–H groups in total. The second-order valence-corrected chi connectivity index (χ2v) is 5.64. The summed E-state index contributed by atoms with van der Waals surface area (Å²) in [5, 5.41) is 0. The van der Waals surface area contributed by atoms with Gasteiger partial charge in [-0.3, -0.25) is 0 Å². The van der Waals surface area contributed by atoms with Gasteiger partial charge in [0.05, 0.1) is 16.6 Å². The standard InChI is InChI=1S/C10H9BrClNOS/c1-5-4-7(15-10(5)12)8(13)6-2-3-14-9(6)11/h2-4,8H,13H2,1H3. The molecule has 1 unspecified atom stereocenters. The van der Waals surface area contributed by atoms with Gasteiger partial charge in [0.25, 0.3) is 0 Å². The van der Waals surface area contributed by atoms with Crippen molar-refractivity contribution < 1.29 is 4.42 Å². The third-order valence-electron chi connectivity index (χ3n) is 2.16. The summed E-state index contributed by atoms with van der Waals surface area (Å²) in [4.78, 5) is 1.04. The van der Waals surface area contributed by atoms with E-state index in [-0.39, 0.29) is 6.04 Å². The molecular formula is C10H9BrClNOS. The molecule has 0 aliphatic heterocycles. The zero-order valence-corrected chi connectivity index (χ0v) is 11.1. The molecule has 0 spiro atoms. The summed E-state index contributed by atoms with van der Waals surface area (Å²) in [5.74, 6) is 0. The Bertz CT molecular complexity index is 460. The summed E-state index contributed by atoms with van der Waals surface area (Å²) in [5.41, 5.74) is 8.11. The van der Waals surface area contributed by atoms with Crippen LogP contribution in [0.5, 0.6) is 0 Å². The van der Waals surface area contributed by atoms with Crippen LogP contribution in [0.2, 0.25) is 4.34 Å². The third-order valence-corrected chi connectivity index (χ3v) is 4.45. The summed E-state index contributed by atoms with van der Waals surface area (Å²) in [7, 11) is 0. The van der Waals surface area contributed by atoms with E-state index in [1.165, 1.54) is 11.3 Å². The fraction of sp³-hybridized carbons (Fsp3) is 0.200. The number of aryl methyl sites for hydroxylation is 1. The molecule has 2 aromatic rings. The van der Waals surface area contributed by atoms with E-state index < -0.39 is 0 Å². The zero-order valence-electron chi connectivity index (χ0n) is 7.96. The number of furan rings is 1. The molecule has 2 rings (SSSR count). The Labute approximate surface area is 105 Å². The van der Waals surface area contributed by atoms with Gasteiger partial charge in [0.1, 0.15) is 0 Å². The van der Waals surface area contributed by atoms with Crippen LogP contribution >= 0.6 is 38.9 Å². The van der Waals surface area contributed by atoms with E-state index in [0.717, 1.165) is 20.3 Å². The van der Waals surface area contributed by atoms with Gasteiger partial charge in [-0.1, -0.05) is 11.6 Å². The number of rotatable bonds is 2. The molecular weight excluding hydrogens is 298 g/mol. The fourth-order valence-electron chi connectivity index (χ4n) is 1.32. The molecule has 0 aliphatic carbocycles. The van der Waals surface area contributed by atoms with Gasteiger partial charge in [-0.05, 0) is 40.5 Å². The molecule has 0 radical (unpaired) electrons. The lowest BCUT2D eigenvalue weighted by Gasteiger charge is -2.06. The van der Waals surface area contributed by atoms with Gasteiger partial charge >= 0.3 is 0 Å². The predicted octanol–water partition coefficient (Wildman–Crippen LogP) is 4.11. The first kappa shape index (κ1) is 11.2. The van der Waals surface area contributed by atoms with Crippen molar-refractivity contribution in [2.24, 2.45) is 5.73 Å². The summed E-state index contributed by atoms with van der Waals surface area (Å²) < 4.78 is 6.62. The van der Waals surface area contributed by atoms with Gasteiger partial charge in [0.15, 0.2) is 4.67 Å². The maximum absolute atomic E-state index is 6.11. The Morgan fingerprint density at radius 2 is 2.33 bits per heavy atom. The van der Waals surface area contributed by atoms with Gasteiger partial charge in [-0.2, -0.15) is 0 Å². The van der Waals surface area contributed by atoms with Crippen molar-refractivity contribution in [2.75, 3.05) is 0 Å². The van der Waals surface area contributed by atoms with E-state index in [0.29, 0.717) is 4.67 Å². The first-order valence-electron chi connectivity index (χ1n) is 4.34. The van der Waals surface area contributed by atoms with Crippen molar-refractivity contribution in [2.45, 2.75) is 13.0 Å². The molecule has 15 heavy (non-hydrogen) atoms. The quantitative estimate of drug-likeness (QED) is 0.906. The van der Waals surface area contributed by atoms with Crippen LogP contribution in [-0.2, 0) is 0 Å². The van der Waals surface area contributed by atoms with Crippen LogP contribution in [-0.4, -0.2) is 0 Å². The van der Waals surface area contributed by atoms with Gasteiger partial charge in [-0.25, -0.2) is 0 Å². The van der Waals surface area contributed by atoms with Gasteiger partial charge < -0.3 is 10.2 Å². The zero-order chi connectivity index (χ0) is 11.0. The normalized spacial score (nSPS) is 13.1. The summed E-state index contributed by atoms with van der Waals surface area (Å²) in [6.07, 6.45) is 1.61. The Morgan fingerprint density at radius 3 is 2.80 bits per heavy atom. The third kappa shape index (κ3) is 2.13. The highest BCUT2D eigenvalue weighted by Gasteiger charge is 2.17. The lowest BCUT2D eigenvalue weighted by Crippen LogP contribution is -2.09. The van der Waals surface area contributed by atoms with Crippen molar-refractivity contribution in [3.63, 3.8) is 0 Å². The van der Waals surface area contributed by atoms with Crippen LogP contribution in [0.3, 0.4) is 0 Å². The number of halogens is 2. The van der Waals surface area contributed by atoms with Crippen molar-refractivity contribution in [3.8, 4) is 0 Å². The number of hydrogen-bond donors (Lipinski definition) is 1. The average molecular weight is 307 g/mol. The fourth-order valence-corrected chi connectivity index (χ4v) is 3.04. The SMILES string of the molecule is Cc1cc(C(N)c2ccoc2Br)sc1Cl. The Balaban J connectivity index is 2.36. The van der Waals surface area contributed by atoms with Gasteiger partial charge in [0.2, 0.25) is 0 Å². The summed E-state index contributed by atoms with van der Waals surface area (Å²) in [6.45, 7) is 1.97. The molecule has 0 saturated heterocycles. The molecule has 0 aliphatic rings. The maximum Gasteiger partial charge on any atom is 0.174 e. The highest BCUT2D eigenvalue weighted by atomic mass is 79.9. The van der Waals surface area contributed by atoms with Crippen LogP contribution in [0.1, 0.15) is 22.0 Å². The monoisotopic (exact) mass is 305 g/mol. The molecule has 1 atom stereocenters. The molecule has 0 aromatic carbocycles. The van der Waals surface area contributed by atoms with Crippen LogP contribution in [0.25, 0.3) is 0 Å². The summed E-state index contributed by atoms with van der Waals surface area (Å²) >= 11 is 10.8. The lowest BCUT2D eigenvalue weighted by atomic mass is 10.1. The topological polar surface area (TPSA) is 39.2 Å². The van der Waals surface area contributed by atoms with Crippen molar-refractivity contribution in [3.05, 3.63) is 43.4 Å². The smallest absolute Gasteiger partial charge is 0.174 e. The van der Waals surface area contributed by atoms with E-state index in [2.05, 4.69) is 15.9 Å². The predicted molar refractivity (Wildman–Crippen MR) is 66.5 cm³/mol. The van der Waals surface area contributed by atoms with Crippen molar-refractivity contribution in [1.82, 2.24) is 0 Å². The molecule has 5 heteroatoms. The van der Waals surface area contributed by atoms with Crippen LogP contribution in [0.15, 0.2) is 27.5 Å². The second-order valence-electron chi connectivity index (χ2n) is 3.23. The van der Waals surface area contributed by atoms with E-state index in [9.17, 15) is 0 Å². The molecule has 0 fully saturated rings. The minimum Gasteiger partial charge on any atom is -0.457 e. The molecule has 80 valence electrons. The van der Waals surface area contributed by atoms with Crippen LogP contribution < -0.4 is 5.73 Å². The first-order valence-corrected chi connectivity index (χ1v) is 6.32. The lowest BCUT2D eigenvalue weighted by molar-refractivity contribution is 0.535. The highest BCUT2D eigenvalue weighted by molar-refractivity contribution is 9.10. The molecule has 0 bridgehead atoms. The van der Waals surface area contributed by atoms with Crippen molar-refractivity contribution in [1.29, 1.82) is 0 Å². The number of hydrogen-bond acceptors (Lipinski definition) is 3. The van der Waals surface area contributed by atoms with Crippen LogP contribution in [0, 0.1) is 6.92 Å². The Hall–Kier alpha value is -0.290. The largest absolute Gasteiger partial charge is 0.457 e. The minimum atomic E-state index is -0.186. The van der Waals surface area contributed by atoms with Gasteiger partial charge in [-0.15, -0.1) is 11.3 Å². The van der Waals surface area contributed by atoms with E-state index in [1.54, 1.807) is 6.26 Å². The summed E-state index contributed by atoms with van der Waals surface area (Å²) in [6, 6.07) is 3.68. The first-order chi connectivity index (χ1) is 7.09. The second kappa shape index (κ2) is 4.29. The van der Waals surface area contributed by atoms with Gasteiger partial charge in [0, 0.05) is 10.4 Å². The van der Waals surface area contributed by atoms with E-state index >= 15 is 0 Å². The van der Waals surface area contributed by atoms with Crippen LogP contribution in [0.4, 0.5) is 0 Å². The molecule has 2 nitrogen and oxygen atoms in total. The average Bonchev–Trinajstić information content (AvgIpc) is 2.74. The Morgan fingerprint density at radius 1 is 1.60 bits per heavy atom. The Kier molecular flexibility index (Phi) is 3.21. The number of thiophene rings is 1. The van der Waals surface area contributed by atoms with Crippen molar-refractivity contribution >= 4 is 38.9 Å². The molecule has 2 aromatic heterocycles. The van der Waals surface area contributed by atoms with E-state index in [1.807, 2.05) is 19.1 Å². The minimum absolute atomic E-state index is 0.186. The number of nitrogens with two attached hydrogens (primary N) is 1.